The van der Waals surface area contributed by atoms with Gasteiger partial charge in [-0.15, -0.1) is 5.10 Å². The summed E-state index contributed by atoms with van der Waals surface area (Å²) in [5.41, 5.74) is 0.674. The third kappa shape index (κ3) is 3.46. The molecule has 0 radical (unpaired) electrons. The molecule has 1 atom stereocenters. The number of nitrogens with zero attached hydrogens (tertiary/aromatic N) is 4. The molecule has 7 heteroatoms. The highest BCUT2D eigenvalue weighted by molar-refractivity contribution is 5.90. The maximum Gasteiger partial charge on any atom is 0.291 e. The van der Waals surface area contributed by atoms with Crippen LogP contribution in [0.2, 0.25) is 0 Å². The highest BCUT2D eigenvalue weighted by atomic mass is 19.1. The number of benzene rings is 1. The normalized spacial score (nSPS) is 18.0. The van der Waals surface area contributed by atoms with Gasteiger partial charge in [-0.1, -0.05) is 6.92 Å². The number of carbonyl (C=O) groups excluding carboxylic acids is 1. The summed E-state index contributed by atoms with van der Waals surface area (Å²) in [4.78, 5) is 18.9. The number of likely N-dealkylation sites (N-methyl/N-ethyl adjacent to an activating group) is 1. The monoisotopic (exact) mass is 331 g/mol. The number of hydrogen-bond donors (Lipinski definition) is 1. The van der Waals surface area contributed by atoms with Crippen molar-refractivity contribution in [3.8, 4) is 5.69 Å². The van der Waals surface area contributed by atoms with Gasteiger partial charge in [0.1, 0.15) is 11.6 Å². The molecule has 3 rings (SSSR count). The van der Waals surface area contributed by atoms with Gasteiger partial charge >= 0.3 is 0 Å². The lowest BCUT2D eigenvalue weighted by atomic mass is 10.2. The molecule has 1 aliphatic rings. The number of aromatic nitrogens is 3. The number of carbonyl (C=O) groups is 1. The summed E-state index contributed by atoms with van der Waals surface area (Å²) in [5, 5.41) is 7.18. The Kier molecular flexibility index (Phi) is 4.89. The van der Waals surface area contributed by atoms with Gasteiger partial charge < -0.3 is 5.32 Å². The summed E-state index contributed by atoms with van der Waals surface area (Å²) in [7, 11) is 0. The lowest BCUT2D eigenvalue weighted by molar-refractivity contribution is 0.0931. The highest BCUT2D eigenvalue weighted by Crippen LogP contribution is 2.16. The van der Waals surface area contributed by atoms with E-state index in [4.69, 9.17) is 0 Å². The molecule has 24 heavy (non-hydrogen) atoms. The Hall–Kier alpha value is -2.28. The maximum absolute atomic E-state index is 13.0. The second-order valence-electron chi connectivity index (χ2n) is 6.01. The minimum atomic E-state index is -0.313. The van der Waals surface area contributed by atoms with Crippen molar-refractivity contribution in [3.63, 3.8) is 0 Å². The summed E-state index contributed by atoms with van der Waals surface area (Å²) in [6.07, 6.45) is 2.27. The number of hydrogen-bond acceptors (Lipinski definition) is 4. The molecule has 0 aliphatic carbocycles. The Morgan fingerprint density at radius 3 is 2.83 bits per heavy atom. The minimum absolute atomic E-state index is 0.137. The fourth-order valence-corrected chi connectivity index (χ4v) is 3.15. The van der Waals surface area contributed by atoms with Gasteiger partial charge in [0.2, 0.25) is 5.82 Å². The fraction of sp³-hybridized carbons (Fsp3) is 0.471. The smallest absolute Gasteiger partial charge is 0.291 e. The fourth-order valence-electron chi connectivity index (χ4n) is 3.15. The number of rotatable bonds is 5. The van der Waals surface area contributed by atoms with Crippen molar-refractivity contribution in [1.82, 2.24) is 25.0 Å². The molecule has 1 aromatic carbocycles. The largest absolute Gasteiger partial charge is 0.348 e. The molecule has 2 aromatic rings. The molecule has 1 aromatic heterocycles. The summed E-state index contributed by atoms with van der Waals surface area (Å²) in [5.74, 6) is 0.133. The molecule has 0 saturated carbocycles. The van der Waals surface area contributed by atoms with Crippen LogP contribution in [0, 0.1) is 12.7 Å². The standard InChI is InChI=1S/C17H22FN5O/c1-3-22-10-4-5-15(22)11-19-17(24)16-20-12(2)23(21-16)14-8-6-13(18)7-9-14/h6-9,15H,3-5,10-11H2,1-2H3,(H,19,24)/t15-/m0/s1. The van der Waals surface area contributed by atoms with Gasteiger partial charge in [0.25, 0.3) is 5.91 Å². The molecule has 1 saturated heterocycles. The Morgan fingerprint density at radius 2 is 2.12 bits per heavy atom. The minimum Gasteiger partial charge on any atom is -0.348 e. The molecule has 1 N–H and O–H groups in total. The van der Waals surface area contributed by atoms with E-state index < -0.39 is 0 Å². The molecule has 128 valence electrons. The van der Waals surface area contributed by atoms with E-state index in [9.17, 15) is 9.18 Å². The summed E-state index contributed by atoms with van der Waals surface area (Å²) >= 11 is 0. The average Bonchev–Trinajstić information content (AvgIpc) is 3.19. The Morgan fingerprint density at radius 1 is 1.38 bits per heavy atom. The Labute approximate surface area is 140 Å². The summed E-state index contributed by atoms with van der Waals surface area (Å²) in [6, 6.07) is 6.32. The second-order valence-corrected chi connectivity index (χ2v) is 6.01. The van der Waals surface area contributed by atoms with Crippen LogP contribution in [0.5, 0.6) is 0 Å². The number of nitrogens with one attached hydrogen (secondary N) is 1. The van der Waals surface area contributed by atoms with Gasteiger partial charge in [-0.3, -0.25) is 9.69 Å². The molecular weight excluding hydrogens is 309 g/mol. The zero-order chi connectivity index (χ0) is 17.1. The van der Waals surface area contributed by atoms with Crippen molar-refractivity contribution in [2.24, 2.45) is 0 Å². The van der Waals surface area contributed by atoms with E-state index in [0.717, 1.165) is 19.5 Å². The SMILES string of the molecule is CCN1CCC[C@H]1CNC(=O)c1nc(C)n(-c2ccc(F)cc2)n1. The molecule has 0 unspecified atom stereocenters. The van der Waals surface area contributed by atoms with Gasteiger partial charge in [0, 0.05) is 12.6 Å². The predicted octanol–water partition coefficient (Wildman–Crippen LogP) is 1.93. The van der Waals surface area contributed by atoms with Crippen LogP contribution < -0.4 is 5.32 Å². The van der Waals surface area contributed by atoms with Crippen molar-refractivity contribution < 1.29 is 9.18 Å². The van der Waals surface area contributed by atoms with Crippen LogP contribution in [0.25, 0.3) is 5.69 Å². The van der Waals surface area contributed by atoms with Crippen LogP contribution in [0.4, 0.5) is 4.39 Å². The summed E-state index contributed by atoms with van der Waals surface area (Å²) < 4.78 is 14.6. The van der Waals surface area contributed by atoms with Crippen LogP contribution in [0.1, 0.15) is 36.2 Å². The third-order valence-electron chi connectivity index (χ3n) is 4.45. The molecule has 6 nitrogen and oxygen atoms in total. The number of amides is 1. The topological polar surface area (TPSA) is 63.1 Å². The van der Waals surface area contributed by atoms with Gasteiger partial charge in [-0.05, 0) is 57.1 Å². The molecular formula is C17H22FN5O. The van der Waals surface area contributed by atoms with E-state index in [1.54, 1.807) is 23.7 Å². The van der Waals surface area contributed by atoms with E-state index in [1.807, 2.05) is 0 Å². The van der Waals surface area contributed by atoms with Crippen molar-refractivity contribution in [2.45, 2.75) is 32.7 Å². The average molecular weight is 331 g/mol. The third-order valence-corrected chi connectivity index (χ3v) is 4.45. The lowest BCUT2D eigenvalue weighted by Crippen LogP contribution is -2.40. The van der Waals surface area contributed by atoms with E-state index in [2.05, 4.69) is 27.2 Å². The quantitative estimate of drug-likeness (QED) is 0.909. The molecule has 1 amide bonds. The first-order valence-electron chi connectivity index (χ1n) is 8.30. The van der Waals surface area contributed by atoms with Crippen LogP contribution >= 0.6 is 0 Å². The highest BCUT2D eigenvalue weighted by Gasteiger charge is 2.24. The van der Waals surface area contributed by atoms with E-state index in [-0.39, 0.29) is 17.5 Å². The molecule has 0 spiro atoms. The number of halogens is 1. The van der Waals surface area contributed by atoms with E-state index in [1.165, 1.54) is 18.6 Å². The van der Waals surface area contributed by atoms with Crippen molar-refractivity contribution in [1.29, 1.82) is 0 Å². The Bertz CT molecular complexity index is 712. The summed E-state index contributed by atoms with van der Waals surface area (Å²) in [6.45, 7) is 6.60. The first-order chi connectivity index (χ1) is 11.6. The van der Waals surface area contributed by atoms with Crippen LogP contribution in [0.3, 0.4) is 0 Å². The van der Waals surface area contributed by atoms with Crippen molar-refractivity contribution >= 4 is 5.91 Å². The van der Waals surface area contributed by atoms with Crippen LogP contribution in [-0.4, -0.2) is 51.2 Å². The van der Waals surface area contributed by atoms with Gasteiger partial charge in [0.05, 0.1) is 5.69 Å². The number of aryl methyl sites for hydroxylation is 1. The van der Waals surface area contributed by atoms with Gasteiger partial charge in [-0.2, -0.15) is 0 Å². The lowest BCUT2D eigenvalue weighted by Gasteiger charge is -2.22. The zero-order valence-corrected chi connectivity index (χ0v) is 14.0. The molecule has 2 heterocycles. The zero-order valence-electron chi connectivity index (χ0n) is 14.0. The molecule has 1 fully saturated rings. The number of likely N-dealkylation sites (tertiary alicyclic amines) is 1. The first-order valence-corrected chi connectivity index (χ1v) is 8.30. The predicted molar refractivity (Wildman–Crippen MR) is 88.7 cm³/mol. The van der Waals surface area contributed by atoms with E-state index >= 15 is 0 Å². The van der Waals surface area contributed by atoms with E-state index in [0.29, 0.717) is 24.1 Å². The maximum atomic E-state index is 13.0. The first kappa shape index (κ1) is 16.6. The molecule has 1 aliphatic heterocycles. The van der Waals surface area contributed by atoms with Gasteiger partial charge in [-0.25, -0.2) is 14.1 Å². The van der Waals surface area contributed by atoms with Crippen LogP contribution in [-0.2, 0) is 0 Å². The van der Waals surface area contributed by atoms with Crippen molar-refractivity contribution in [2.75, 3.05) is 19.6 Å². The second kappa shape index (κ2) is 7.09. The molecule has 0 bridgehead atoms. The van der Waals surface area contributed by atoms with Crippen LogP contribution in [0.15, 0.2) is 24.3 Å². The van der Waals surface area contributed by atoms with Crippen molar-refractivity contribution in [3.05, 3.63) is 41.7 Å². The Balaban J connectivity index is 1.67. The van der Waals surface area contributed by atoms with Gasteiger partial charge in [0.15, 0.2) is 0 Å².